The molecule has 2 aromatic rings. The number of allylic oxidation sites excluding steroid dienone is 1. The lowest BCUT2D eigenvalue weighted by Gasteiger charge is -2.42. The summed E-state index contributed by atoms with van der Waals surface area (Å²) in [7, 11) is 0. The normalized spacial score (nSPS) is 24.8. The molecule has 5 heteroatoms. The van der Waals surface area contributed by atoms with Crippen molar-refractivity contribution >= 4 is 5.71 Å². The van der Waals surface area contributed by atoms with E-state index in [4.69, 9.17) is 15.9 Å². The molecule has 0 fully saturated rings. The van der Waals surface area contributed by atoms with E-state index in [1.807, 2.05) is 36.4 Å². The number of nitrogens with zero attached hydrogens (tertiary/aromatic N) is 1. The zero-order chi connectivity index (χ0) is 17.6. The van der Waals surface area contributed by atoms with Crippen molar-refractivity contribution in [3.05, 3.63) is 70.9 Å². The topological polar surface area (TPSA) is 103 Å². The van der Waals surface area contributed by atoms with Gasteiger partial charge < -0.3 is 21.0 Å². The number of fused-ring (bicyclic) bond motifs is 2. The standard InChI is InChI=1S/C20H17N3O2/c21-10-14-15(22)9-17-19(20(14)23)18(11-4-2-1-3-5-11)13-7-6-12(24)8-16(13)25-17/h1-8,17-19,23-24H,9,22H2. The summed E-state index contributed by atoms with van der Waals surface area (Å²) < 4.78 is 6.08. The van der Waals surface area contributed by atoms with Crippen LogP contribution in [0.25, 0.3) is 0 Å². The van der Waals surface area contributed by atoms with Gasteiger partial charge in [-0.2, -0.15) is 5.26 Å². The Morgan fingerprint density at radius 3 is 2.68 bits per heavy atom. The predicted molar refractivity (Wildman–Crippen MR) is 93.5 cm³/mol. The number of nitriles is 1. The Morgan fingerprint density at radius 2 is 1.96 bits per heavy atom. The van der Waals surface area contributed by atoms with Gasteiger partial charge in [-0.05, 0) is 11.6 Å². The average molecular weight is 331 g/mol. The second kappa shape index (κ2) is 5.67. The fourth-order valence-electron chi connectivity index (χ4n) is 3.89. The van der Waals surface area contributed by atoms with Crippen LogP contribution in [-0.4, -0.2) is 16.9 Å². The Balaban J connectivity index is 1.92. The molecule has 5 nitrogen and oxygen atoms in total. The van der Waals surface area contributed by atoms with Crippen LogP contribution in [0.1, 0.15) is 23.5 Å². The molecule has 124 valence electrons. The van der Waals surface area contributed by atoms with E-state index in [1.165, 1.54) is 0 Å². The summed E-state index contributed by atoms with van der Waals surface area (Å²) in [5.41, 5.74) is 8.84. The van der Waals surface area contributed by atoms with Crippen molar-refractivity contribution in [3.8, 4) is 17.6 Å². The van der Waals surface area contributed by atoms with Crippen LogP contribution in [0.3, 0.4) is 0 Å². The van der Waals surface area contributed by atoms with E-state index < -0.39 is 0 Å². The summed E-state index contributed by atoms with van der Waals surface area (Å²) in [6.45, 7) is 0. The quantitative estimate of drug-likeness (QED) is 0.747. The van der Waals surface area contributed by atoms with Gasteiger partial charge in [-0.25, -0.2) is 0 Å². The Kier molecular flexibility index (Phi) is 3.47. The molecule has 25 heavy (non-hydrogen) atoms. The minimum Gasteiger partial charge on any atom is -0.508 e. The highest BCUT2D eigenvalue weighted by Gasteiger charge is 2.45. The van der Waals surface area contributed by atoms with Gasteiger partial charge in [0.15, 0.2) is 0 Å². The largest absolute Gasteiger partial charge is 0.508 e. The fourth-order valence-corrected chi connectivity index (χ4v) is 3.89. The van der Waals surface area contributed by atoms with Crippen LogP contribution in [0.15, 0.2) is 59.8 Å². The fraction of sp³-hybridized carbons (Fsp3) is 0.200. The third-order valence-corrected chi connectivity index (χ3v) is 4.99. The molecule has 0 spiro atoms. The highest BCUT2D eigenvalue weighted by molar-refractivity contribution is 6.05. The monoisotopic (exact) mass is 331 g/mol. The molecule has 1 aliphatic heterocycles. The Labute approximate surface area is 145 Å². The number of phenols is 1. The summed E-state index contributed by atoms with van der Waals surface area (Å²) in [5.74, 6) is 0.327. The average Bonchev–Trinajstić information content (AvgIpc) is 2.61. The van der Waals surface area contributed by atoms with Crippen molar-refractivity contribution in [2.24, 2.45) is 11.7 Å². The van der Waals surface area contributed by atoms with E-state index in [1.54, 1.807) is 12.1 Å². The highest BCUT2D eigenvalue weighted by atomic mass is 16.5. The lowest BCUT2D eigenvalue weighted by atomic mass is 9.68. The number of ether oxygens (including phenoxy) is 1. The maximum Gasteiger partial charge on any atom is 0.127 e. The molecular weight excluding hydrogens is 314 g/mol. The number of nitrogens with one attached hydrogen (secondary N) is 1. The van der Waals surface area contributed by atoms with E-state index in [-0.39, 0.29) is 35.0 Å². The highest BCUT2D eigenvalue weighted by Crippen LogP contribution is 2.48. The van der Waals surface area contributed by atoms with Gasteiger partial charge in [0.05, 0.1) is 17.2 Å². The Bertz CT molecular complexity index is 928. The molecule has 3 atom stereocenters. The van der Waals surface area contributed by atoms with Crippen molar-refractivity contribution in [1.29, 1.82) is 10.7 Å². The number of benzene rings is 2. The molecule has 0 amide bonds. The first-order chi connectivity index (χ1) is 12.1. The minimum absolute atomic E-state index is 0.125. The van der Waals surface area contributed by atoms with E-state index in [2.05, 4.69) is 6.07 Å². The first kappa shape index (κ1) is 15.3. The summed E-state index contributed by atoms with van der Waals surface area (Å²) in [6, 6.07) is 17.0. The van der Waals surface area contributed by atoms with Gasteiger partial charge in [-0.3, -0.25) is 0 Å². The van der Waals surface area contributed by atoms with E-state index in [0.717, 1.165) is 11.1 Å². The summed E-state index contributed by atoms with van der Waals surface area (Å²) in [4.78, 5) is 0. The minimum atomic E-state index is -0.330. The van der Waals surface area contributed by atoms with Gasteiger partial charge in [0.25, 0.3) is 0 Å². The van der Waals surface area contributed by atoms with Crippen LogP contribution in [0.2, 0.25) is 0 Å². The van der Waals surface area contributed by atoms with Gasteiger partial charge >= 0.3 is 0 Å². The number of nitrogens with two attached hydrogens (primary N) is 1. The van der Waals surface area contributed by atoms with Crippen molar-refractivity contribution < 1.29 is 9.84 Å². The van der Waals surface area contributed by atoms with Crippen LogP contribution >= 0.6 is 0 Å². The van der Waals surface area contributed by atoms with Crippen LogP contribution in [0.5, 0.6) is 11.5 Å². The number of hydrogen-bond donors (Lipinski definition) is 3. The number of aromatic hydroxyl groups is 1. The van der Waals surface area contributed by atoms with Gasteiger partial charge in [-0.15, -0.1) is 0 Å². The molecule has 0 saturated carbocycles. The van der Waals surface area contributed by atoms with Gasteiger partial charge in [0, 0.05) is 29.7 Å². The van der Waals surface area contributed by atoms with Crippen molar-refractivity contribution in [1.82, 2.24) is 0 Å². The zero-order valence-electron chi connectivity index (χ0n) is 13.4. The second-order valence-electron chi connectivity index (χ2n) is 6.42. The number of hydrogen-bond acceptors (Lipinski definition) is 5. The van der Waals surface area contributed by atoms with Crippen LogP contribution < -0.4 is 10.5 Å². The molecule has 0 aromatic heterocycles. The molecule has 1 aliphatic carbocycles. The molecule has 0 radical (unpaired) electrons. The molecule has 2 aromatic carbocycles. The smallest absolute Gasteiger partial charge is 0.127 e. The molecular formula is C20H17N3O2. The second-order valence-corrected chi connectivity index (χ2v) is 6.42. The Hall–Kier alpha value is -3.26. The summed E-state index contributed by atoms with van der Waals surface area (Å²) in [6.07, 6.45) is 0.0677. The molecule has 0 saturated heterocycles. The lowest BCUT2D eigenvalue weighted by molar-refractivity contribution is 0.130. The maximum atomic E-state index is 9.83. The third kappa shape index (κ3) is 2.34. The molecule has 2 aliphatic rings. The van der Waals surface area contributed by atoms with Crippen molar-refractivity contribution in [2.75, 3.05) is 0 Å². The molecule has 0 bridgehead atoms. The van der Waals surface area contributed by atoms with Crippen LogP contribution in [0.4, 0.5) is 0 Å². The summed E-state index contributed by atoms with van der Waals surface area (Å²) in [5, 5.41) is 27.8. The molecule has 1 heterocycles. The molecule has 4 N–H and O–H groups in total. The van der Waals surface area contributed by atoms with E-state index in [9.17, 15) is 10.4 Å². The Morgan fingerprint density at radius 1 is 1.20 bits per heavy atom. The van der Waals surface area contributed by atoms with Gasteiger partial charge in [0.2, 0.25) is 0 Å². The van der Waals surface area contributed by atoms with Crippen LogP contribution in [-0.2, 0) is 0 Å². The third-order valence-electron chi connectivity index (χ3n) is 4.99. The predicted octanol–water partition coefficient (Wildman–Crippen LogP) is 3.06. The van der Waals surface area contributed by atoms with Crippen molar-refractivity contribution in [2.45, 2.75) is 18.4 Å². The number of phenolic OH excluding ortho intramolecular Hbond substituents is 1. The van der Waals surface area contributed by atoms with E-state index >= 15 is 0 Å². The first-order valence-corrected chi connectivity index (χ1v) is 8.12. The summed E-state index contributed by atoms with van der Waals surface area (Å²) >= 11 is 0. The van der Waals surface area contributed by atoms with E-state index in [0.29, 0.717) is 17.9 Å². The van der Waals surface area contributed by atoms with Gasteiger partial charge in [-0.1, -0.05) is 36.4 Å². The van der Waals surface area contributed by atoms with Crippen LogP contribution in [0, 0.1) is 22.7 Å². The SMILES string of the molecule is N#CC1=C(N)CC2Oc3cc(O)ccc3C(c3ccccc3)C2C1=N. The molecule has 4 rings (SSSR count). The zero-order valence-corrected chi connectivity index (χ0v) is 13.4. The number of rotatable bonds is 1. The molecule has 3 unspecified atom stereocenters. The first-order valence-electron chi connectivity index (χ1n) is 8.12. The van der Waals surface area contributed by atoms with Gasteiger partial charge in [0.1, 0.15) is 23.7 Å². The van der Waals surface area contributed by atoms with Crippen molar-refractivity contribution in [3.63, 3.8) is 0 Å². The maximum absolute atomic E-state index is 9.83. The lowest BCUT2D eigenvalue weighted by Crippen LogP contribution is -2.45.